The molecule has 156 valence electrons. The Hall–Kier alpha value is -2.65. The average molecular weight is 445 g/mol. The molecule has 1 aromatic carbocycles. The number of nitrogens with zero attached hydrogens (tertiary/aromatic N) is 3. The molecular formula is C21H21FN4O2S2. The highest BCUT2D eigenvalue weighted by Crippen LogP contribution is 2.35. The molecule has 0 bridgehead atoms. The molecule has 1 unspecified atom stereocenters. The largest absolute Gasteiger partial charge is 0.351 e. The van der Waals surface area contributed by atoms with Crippen LogP contribution < -0.4 is 10.2 Å². The van der Waals surface area contributed by atoms with E-state index in [1.807, 2.05) is 18.4 Å². The molecule has 0 saturated heterocycles. The van der Waals surface area contributed by atoms with Gasteiger partial charge in [0.25, 0.3) is 5.91 Å². The third kappa shape index (κ3) is 4.27. The first-order chi connectivity index (χ1) is 14.5. The van der Waals surface area contributed by atoms with Crippen molar-refractivity contribution in [3.63, 3.8) is 0 Å². The lowest BCUT2D eigenvalue weighted by molar-refractivity contribution is -0.123. The molecule has 0 spiro atoms. The fourth-order valence-electron chi connectivity index (χ4n) is 3.76. The molecule has 30 heavy (non-hydrogen) atoms. The quantitative estimate of drug-likeness (QED) is 0.608. The molecule has 1 N–H and O–H groups in total. The molecule has 1 atom stereocenters. The van der Waals surface area contributed by atoms with Crippen molar-refractivity contribution in [1.29, 1.82) is 0 Å². The molecule has 2 aromatic heterocycles. The zero-order valence-electron chi connectivity index (χ0n) is 16.4. The van der Waals surface area contributed by atoms with Crippen molar-refractivity contribution in [3.8, 4) is 0 Å². The van der Waals surface area contributed by atoms with Crippen molar-refractivity contribution in [3.05, 3.63) is 63.0 Å². The van der Waals surface area contributed by atoms with Gasteiger partial charge < -0.3 is 5.32 Å². The van der Waals surface area contributed by atoms with E-state index < -0.39 is 17.8 Å². The molecule has 1 fully saturated rings. The van der Waals surface area contributed by atoms with Gasteiger partial charge in [-0.15, -0.1) is 16.4 Å². The Labute approximate surface area is 181 Å². The molecular weight excluding hydrogens is 423 g/mol. The molecule has 1 aliphatic rings. The number of aryl methyl sites for hydroxylation is 1. The fraction of sp³-hybridized carbons (Fsp3) is 0.333. The second-order valence-electron chi connectivity index (χ2n) is 7.31. The Bertz CT molecular complexity index is 1030. The zero-order valence-corrected chi connectivity index (χ0v) is 18.0. The van der Waals surface area contributed by atoms with Crippen LogP contribution in [0.1, 0.15) is 52.7 Å². The number of carbonyl (C=O) groups is 2. The zero-order chi connectivity index (χ0) is 21.1. The SMILES string of the molecule is Cc1ccsc1C(C(=O)NC1CCCC1)N(C(=O)c1csnn1)c1cccc(F)c1. The van der Waals surface area contributed by atoms with Gasteiger partial charge in [0.1, 0.15) is 5.82 Å². The number of carbonyl (C=O) groups excluding carboxylic acids is 2. The highest BCUT2D eigenvalue weighted by molar-refractivity contribution is 7.10. The summed E-state index contributed by atoms with van der Waals surface area (Å²) < 4.78 is 17.9. The minimum atomic E-state index is -0.929. The van der Waals surface area contributed by atoms with E-state index in [9.17, 15) is 14.0 Å². The van der Waals surface area contributed by atoms with Crippen molar-refractivity contribution >= 4 is 40.4 Å². The number of thiophene rings is 1. The lowest BCUT2D eigenvalue weighted by Gasteiger charge is -2.31. The predicted octanol–water partition coefficient (Wildman–Crippen LogP) is 4.49. The smallest absolute Gasteiger partial charge is 0.280 e. The van der Waals surface area contributed by atoms with E-state index in [1.54, 1.807) is 6.07 Å². The Morgan fingerprint density at radius 3 is 2.70 bits per heavy atom. The molecule has 9 heteroatoms. The number of hydrogen-bond donors (Lipinski definition) is 1. The van der Waals surface area contributed by atoms with Gasteiger partial charge in [-0.1, -0.05) is 23.4 Å². The minimum absolute atomic E-state index is 0.0886. The number of hydrogen-bond acceptors (Lipinski definition) is 6. The number of halogens is 1. The first-order valence-corrected chi connectivity index (χ1v) is 11.5. The molecule has 0 radical (unpaired) electrons. The summed E-state index contributed by atoms with van der Waals surface area (Å²) in [7, 11) is 0. The van der Waals surface area contributed by atoms with Gasteiger partial charge in [-0.05, 0) is 66.5 Å². The molecule has 4 rings (SSSR count). The Balaban J connectivity index is 1.80. The number of aromatic nitrogens is 2. The molecule has 3 aromatic rings. The van der Waals surface area contributed by atoms with E-state index in [0.29, 0.717) is 5.69 Å². The number of nitrogens with one attached hydrogen (secondary N) is 1. The van der Waals surface area contributed by atoms with E-state index in [2.05, 4.69) is 14.9 Å². The maximum absolute atomic E-state index is 14.1. The fourth-order valence-corrected chi connectivity index (χ4v) is 5.20. The maximum Gasteiger partial charge on any atom is 0.280 e. The summed E-state index contributed by atoms with van der Waals surface area (Å²) in [5.74, 6) is -1.25. The third-order valence-electron chi connectivity index (χ3n) is 5.24. The summed E-state index contributed by atoms with van der Waals surface area (Å²) >= 11 is 2.45. The first kappa shape index (κ1) is 20.6. The van der Waals surface area contributed by atoms with Crippen LogP contribution >= 0.6 is 22.9 Å². The maximum atomic E-state index is 14.1. The van der Waals surface area contributed by atoms with Crippen molar-refractivity contribution in [2.45, 2.75) is 44.7 Å². The van der Waals surface area contributed by atoms with Gasteiger partial charge in [0.15, 0.2) is 11.7 Å². The summed E-state index contributed by atoms with van der Waals surface area (Å²) in [5.41, 5.74) is 1.32. The highest BCUT2D eigenvalue weighted by atomic mass is 32.1. The number of rotatable bonds is 6. The van der Waals surface area contributed by atoms with Gasteiger partial charge in [-0.2, -0.15) is 0 Å². The van der Waals surface area contributed by atoms with Crippen molar-refractivity contribution < 1.29 is 14.0 Å². The average Bonchev–Trinajstić information content (AvgIpc) is 3.49. The minimum Gasteiger partial charge on any atom is -0.351 e. The second-order valence-corrected chi connectivity index (χ2v) is 8.86. The van der Waals surface area contributed by atoms with Crippen LogP contribution in [0.2, 0.25) is 0 Å². The van der Waals surface area contributed by atoms with E-state index >= 15 is 0 Å². The van der Waals surface area contributed by atoms with Gasteiger partial charge in [-0.3, -0.25) is 14.5 Å². The van der Waals surface area contributed by atoms with Gasteiger partial charge in [0.2, 0.25) is 5.91 Å². The first-order valence-electron chi connectivity index (χ1n) is 9.75. The van der Waals surface area contributed by atoms with Crippen LogP contribution in [0.4, 0.5) is 10.1 Å². The van der Waals surface area contributed by atoms with Crippen LogP contribution in [-0.2, 0) is 4.79 Å². The number of benzene rings is 1. The van der Waals surface area contributed by atoms with Crippen molar-refractivity contribution in [1.82, 2.24) is 14.9 Å². The van der Waals surface area contributed by atoms with Crippen LogP contribution in [0.15, 0.2) is 41.1 Å². The number of anilines is 1. The molecule has 2 amide bonds. The van der Waals surface area contributed by atoms with Crippen LogP contribution in [0, 0.1) is 12.7 Å². The van der Waals surface area contributed by atoms with Gasteiger partial charge in [0, 0.05) is 22.0 Å². The second kappa shape index (κ2) is 9.01. The Morgan fingerprint density at radius 2 is 2.07 bits per heavy atom. The van der Waals surface area contributed by atoms with Crippen LogP contribution in [-0.4, -0.2) is 27.4 Å². The van der Waals surface area contributed by atoms with Crippen molar-refractivity contribution in [2.24, 2.45) is 0 Å². The highest BCUT2D eigenvalue weighted by Gasteiger charge is 2.37. The monoisotopic (exact) mass is 444 g/mol. The van der Waals surface area contributed by atoms with E-state index in [1.165, 1.54) is 39.8 Å². The summed E-state index contributed by atoms with van der Waals surface area (Å²) in [6.45, 7) is 1.90. The molecule has 1 saturated carbocycles. The third-order valence-corrected chi connectivity index (χ3v) is 6.82. The molecule has 0 aliphatic heterocycles. The summed E-state index contributed by atoms with van der Waals surface area (Å²) in [6, 6.07) is 6.79. The van der Waals surface area contributed by atoms with Crippen molar-refractivity contribution in [2.75, 3.05) is 4.90 Å². The summed E-state index contributed by atoms with van der Waals surface area (Å²) in [5, 5.41) is 10.4. The standard InChI is InChI=1S/C21H21FN4O2S2/c1-13-9-10-29-19(13)18(20(27)23-15-6-2-3-7-15)26(16-8-4-5-14(22)11-16)21(28)17-12-30-25-24-17/h4-5,8-12,15,18H,2-3,6-7H2,1H3,(H,23,27). The molecule has 6 nitrogen and oxygen atoms in total. The predicted molar refractivity (Wildman–Crippen MR) is 115 cm³/mol. The van der Waals surface area contributed by atoms with Gasteiger partial charge >= 0.3 is 0 Å². The number of amides is 2. The topological polar surface area (TPSA) is 75.2 Å². The van der Waals surface area contributed by atoms with E-state index in [4.69, 9.17) is 0 Å². The molecule has 1 aliphatic carbocycles. The van der Waals surface area contributed by atoms with E-state index in [0.717, 1.165) is 47.7 Å². The summed E-state index contributed by atoms with van der Waals surface area (Å²) in [6.07, 6.45) is 3.99. The van der Waals surface area contributed by atoms with Crippen LogP contribution in [0.25, 0.3) is 0 Å². The van der Waals surface area contributed by atoms with Gasteiger partial charge in [-0.25, -0.2) is 4.39 Å². The lowest BCUT2D eigenvalue weighted by atomic mass is 10.1. The van der Waals surface area contributed by atoms with E-state index in [-0.39, 0.29) is 17.6 Å². The van der Waals surface area contributed by atoms with Crippen LogP contribution in [0.5, 0.6) is 0 Å². The van der Waals surface area contributed by atoms with Crippen LogP contribution in [0.3, 0.4) is 0 Å². The summed E-state index contributed by atoms with van der Waals surface area (Å²) in [4.78, 5) is 29.0. The molecule has 2 heterocycles. The Kier molecular flexibility index (Phi) is 6.19. The Morgan fingerprint density at radius 1 is 1.27 bits per heavy atom. The van der Waals surface area contributed by atoms with Gasteiger partial charge in [0.05, 0.1) is 0 Å². The normalized spacial score (nSPS) is 15.1. The lowest BCUT2D eigenvalue weighted by Crippen LogP contribution is -2.46.